The molecule has 0 saturated heterocycles. The lowest BCUT2D eigenvalue weighted by Gasteiger charge is -2.14. The van der Waals surface area contributed by atoms with Crippen molar-refractivity contribution in [2.24, 2.45) is 0 Å². The topological polar surface area (TPSA) is 129 Å². The smallest absolute Gasteiger partial charge is 0.164 e. The zero-order valence-electron chi connectivity index (χ0n) is 73.7. The summed E-state index contributed by atoms with van der Waals surface area (Å²) in [5, 5.41) is 19.5. The molecule has 27 rings (SSSR count). The molecule has 137 heavy (non-hydrogen) atoms. The number of furan rings is 1. The summed E-state index contributed by atoms with van der Waals surface area (Å²) in [6, 6.07) is 163. The monoisotopic (exact) mass is 1780 g/mol. The van der Waals surface area contributed by atoms with Gasteiger partial charge in [0.2, 0.25) is 0 Å². The van der Waals surface area contributed by atoms with E-state index in [9.17, 15) is 0 Å². The molecule has 0 saturated carbocycles. The van der Waals surface area contributed by atoms with E-state index >= 15 is 0 Å². The molecule has 640 valence electrons. The van der Waals surface area contributed by atoms with E-state index in [1.54, 1.807) is 0 Å². The molecule has 0 aliphatic heterocycles. The van der Waals surface area contributed by atoms with Crippen molar-refractivity contribution in [3.05, 3.63) is 467 Å². The van der Waals surface area contributed by atoms with E-state index in [2.05, 4.69) is 328 Å². The van der Waals surface area contributed by atoms with Crippen LogP contribution in [0.1, 0.15) is 0 Å². The average molecular weight is 1790 g/mol. The predicted octanol–water partition coefficient (Wildman–Crippen LogP) is 33.7. The fraction of sp³-hybridized carbons (Fsp3) is 0. The molecule has 0 spiro atoms. The van der Waals surface area contributed by atoms with Gasteiger partial charge in [0, 0.05) is 101 Å². The molecular weight excluding hydrogens is 1710 g/mol. The van der Waals surface area contributed by atoms with Gasteiger partial charge in [0.15, 0.2) is 52.4 Å². The van der Waals surface area contributed by atoms with Crippen LogP contribution in [0.25, 0.3) is 263 Å². The highest BCUT2D eigenvalue weighted by Gasteiger charge is 2.23. The maximum Gasteiger partial charge on any atom is 0.164 e. The lowest BCUT2D eigenvalue weighted by Crippen LogP contribution is -2.00. The molecule has 0 bridgehead atoms. The molecule has 0 radical (unpaired) electrons. The molecule has 27 aromatic rings. The van der Waals surface area contributed by atoms with Crippen LogP contribution in [-0.4, -0.2) is 44.9 Å². The quantitative estimate of drug-likeness (QED) is 0.110. The summed E-state index contributed by atoms with van der Waals surface area (Å²) in [6.45, 7) is 0. The first kappa shape index (κ1) is 81.2. The second-order valence-electron chi connectivity index (χ2n) is 34.1. The van der Waals surface area contributed by atoms with Gasteiger partial charge < -0.3 is 4.42 Å². The van der Waals surface area contributed by atoms with Crippen molar-refractivity contribution >= 4 is 139 Å². The van der Waals surface area contributed by atoms with E-state index < -0.39 is 0 Å². The van der Waals surface area contributed by atoms with E-state index in [0.29, 0.717) is 52.4 Å². The Kier molecular flexibility index (Phi) is 20.8. The minimum Gasteiger partial charge on any atom is -0.456 e. The molecule has 0 unspecified atom stereocenters. The fourth-order valence-corrected chi connectivity index (χ4v) is 21.4. The Morgan fingerprint density at radius 1 is 0.139 bits per heavy atom. The van der Waals surface area contributed by atoms with Crippen LogP contribution in [-0.2, 0) is 0 Å². The van der Waals surface area contributed by atoms with Crippen LogP contribution >= 0.6 is 22.7 Å². The van der Waals surface area contributed by atoms with Gasteiger partial charge in [-0.25, -0.2) is 44.9 Å². The number of aromatic nitrogens is 9. The minimum atomic E-state index is 0.637. The third-order valence-electron chi connectivity index (χ3n) is 25.7. The summed E-state index contributed by atoms with van der Waals surface area (Å²) < 4.78 is 11.5. The second kappa shape index (κ2) is 35.1. The summed E-state index contributed by atoms with van der Waals surface area (Å²) in [5.41, 5.74) is 19.5. The zero-order valence-corrected chi connectivity index (χ0v) is 75.3. The molecule has 0 aliphatic rings. The van der Waals surface area contributed by atoms with Gasteiger partial charge in [0.1, 0.15) is 11.2 Å². The molecule has 12 heteroatoms. The summed E-state index contributed by atoms with van der Waals surface area (Å²) in [6.07, 6.45) is 0. The maximum absolute atomic E-state index is 6.23. The highest BCUT2D eigenvalue weighted by atomic mass is 32.1. The number of benzene rings is 21. The van der Waals surface area contributed by atoms with Gasteiger partial charge in [0.25, 0.3) is 0 Å². The Morgan fingerprint density at radius 3 is 1.09 bits per heavy atom. The standard InChI is InChI=1S/C43H27N3S.C41H25N3O.C41H25N3S/c1-3-11-28(12-4-1)31-15-9-17-34(25-31)42-44-41(30-13-5-2-6-14-30)45-43(46-42)35-18-10-16-32(26-35)33-22-21-29-23-24-39-40(37(29)27-33)36-19-7-8-20-38(36)47-39;1-3-12-26(13-4-1)39-42-40(27-14-5-2-6-15-27)44-41(43-39)29-24-28-16-7-8-17-30(28)35(25-29)31-19-11-20-33-32(31)22-23-37-38(33)34-18-9-10-21-36(34)45-37;1-2-11-28(12-3-1)39-42-40(44-41(43-39)32-21-20-26-10-4-5-13-29(26)24-32)31-16-8-15-30(25-31)33-18-9-14-27-22-23-36-38(37(27)33)34-17-6-7-19-35(34)45-36/h1-27H;2*1-25H. The fourth-order valence-electron chi connectivity index (χ4n) is 19.1. The lowest BCUT2D eigenvalue weighted by atomic mass is 9.91. The number of hydrogen-bond acceptors (Lipinski definition) is 12. The molecule has 6 aromatic heterocycles. The van der Waals surface area contributed by atoms with Crippen molar-refractivity contribution in [1.82, 2.24) is 44.9 Å². The Morgan fingerprint density at radius 2 is 0.504 bits per heavy atom. The van der Waals surface area contributed by atoms with Gasteiger partial charge in [0.05, 0.1) is 0 Å². The maximum atomic E-state index is 6.23. The number of nitrogens with zero attached hydrogens (tertiary/aromatic N) is 9. The van der Waals surface area contributed by atoms with E-state index in [0.717, 1.165) is 122 Å². The van der Waals surface area contributed by atoms with Gasteiger partial charge >= 0.3 is 0 Å². The summed E-state index contributed by atoms with van der Waals surface area (Å²) in [5.74, 6) is 5.85. The van der Waals surface area contributed by atoms with E-state index in [1.807, 2.05) is 162 Å². The molecule has 0 fully saturated rings. The predicted molar refractivity (Wildman–Crippen MR) is 571 cm³/mol. The van der Waals surface area contributed by atoms with Crippen LogP contribution in [0, 0.1) is 0 Å². The third kappa shape index (κ3) is 15.6. The molecular formula is C125H77N9OS2. The molecule has 0 amide bonds. The molecule has 6 heterocycles. The van der Waals surface area contributed by atoms with Crippen LogP contribution in [0.4, 0.5) is 0 Å². The number of thiophene rings is 2. The Hall–Kier alpha value is -17.8. The zero-order chi connectivity index (χ0) is 90.6. The van der Waals surface area contributed by atoms with Crippen LogP contribution in [0.15, 0.2) is 472 Å². The van der Waals surface area contributed by atoms with Crippen LogP contribution in [0.3, 0.4) is 0 Å². The van der Waals surface area contributed by atoms with Crippen molar-refractivity contribution in [2.75, 3.05) is 0 Å². The molecule has 21 aromatic carbocycles. The van der Waals surface area contributed by atoms with Crippen LogP contribution in [0.5, 0.6) is 0 Å². The van der Waals surface area contributed by atoms with Gasteiger partial charge in [-0.3, -0.25) is 0 Å². The molecule has 0 atom stereocenters. The molecule has 10 nitrogen and oxygen atoms in total. The number of hydrogen-bond donors (Lipinski definition) is 0. The van der Waals surface area contributed by atoms with Gasteiger partial charge in [-0.2, -0.15) is 0 Å². The average Bonchev–Trinajstić information content (AvgIpc) is 1.64. The van der Waals surface area contributed by atoms with E-state index in [1.165, 1.54) is 89.0 Å². The highest BCUT2D eigenvalue weighted by Crippen LogP contribution is 2.47. The van der Waals surface area contributed by atoms with Gasteiger partial charge in [-0.15, -0.1) is 22.7 Å². The van der Waals surface area contributed by atoms with Gasteiger partial charge in [-0.1, -0.05) is 388 Å². The highest BCUT2D eigenvalue weighted by molar-refractivity contribution is 7.26. The molecule has 0 aliphatic carbocycles. The van der Waals surface area contributed by atoms with Crippen molar-refractivity contribution in [2.45, 2.75) is 0 Å². The van der Waals surface area contributed by atoms with E-state index in [4.69, 9.17) is 49.3 Å². The van der Waals surface area contributed by atoms with Crippen LogP contribution in [0.2, 0.25) is 0 Å². The Bertz CT molecular complexity index is 9320. The minimum absolute atomic E-state index is 0.637. The van der Waals surface area contributed by atoms with Gasteiger partial charge in [-0.05, 0) is 177 Å². The van der Waals surface area contributed by atoms with Crippen LogP contribution < -0.4 is 0 Å². The summed E-state index contributed by atoms with van der Waals surface area (Å²) in [4.78, 5) is 45.1. The Labute approximate surface area is 796 Å². The van der Waals surface area contributed by atoms with Crippen molar-refractivity contribution in [3.8, 4) is 147 Å². The lowest BCUT2D eigenvalue weighted by molar-refractivity contribution is 0.669. The summed E-state index contributed by atoms with van der Waals surface area (Å²) >= 11 is 3.71. The van der Waals surface area contributed by atoms with Crippen molar-refractivity contribution in [1.29, 1.82) is 0 Å². The first-order chi connectivity index (χ1) is 67.8. The SMILES string of the molecule is c1ccc(-c2cccc(-c3nc(-c4ccccc4)nc(-c4cccc(-c5ccc6ccc7sc8ccccc8c7c6c5)c4)n3)c2)cc1.c1ccc(-c2nc(-c3cccc(-c4cccc5ccc6sc7ccccc7c6c45)c3)nc(-c3ccc4ccccc4c3)n2)cc1.c1ccc(-c2nc(-c3ccccc3)nc(-c3cc(-c4cccc5c4ccc4oc6ccccc6c45)c4ccccc4c3)n2)cc1. The second-order valence-corrected chi connectivity index (χ2v) is 36.3. The number of para-hydroxylation sites is 1. The first-order valence-corrected chi connectivity index (χ1v) is 47.4. The summed E-state index contributed by atoms with van der Waals surface area (Å²) in [7, 11) is 0. The molecule has 0 N–H and O–H groups in total. The normalized spacial score (nSPS) is 11.5. The third-order valence-corrected chi connectivity index (χ3v) is 28.0. The number of rotatable bonds is 13. The Balaban J connectivity index is 0.000000109. The van der Waals surface area contributed by atoms with Crippen molar-refractivity contribution < 1.29 is 4.42 Å². The number of fused-ring (bicyclic) bond motifs is 17. The van der Waals surface area contributed by atoms with Crippen molar-refractivity contribution in [3.63, 3.8) is 0 Å². The first-order valence-electron chi connectivity index (χ1n) is 45.8. The largest absolute Gasteiger partial charge is 0.456 e. The van der Waals surface area contributed by atoms with E-state index in [-0.39, 0.29) is 0 Å².